The van der Waals surface area contributed by atoms with Crippen LogP contribution in [0.5, 0.6) is 5.75 Å². The van der Waals surface area contributed by atoms with Gasteiger partial charge in [-0.1, -0.05) is 23.2 Å². The highest BCUT2D eigenvalue weighted by atomic mass is 35.5. The molecule has 1 heterocycles. The summed E-state index contributed by atoms with van der Waals surface area (Å²) in [6, 6.07) is 13.0. The van der Waals surface area contributed by atoms with E-state index in [0.29, 0.717) is 45.5 Å². The molecule has 0 aliphatic carbocycles. The Kier molecular flexibility index (Phi) is 8.10. The molecule has 2 N–H and O–H groups in total. The van der Waals surface area contributed by atoms with Crippen LogP contribution in [0.4, 0.5) is 27.9 Å². The van der Waals surface area contributed by atoms with Gasteiger partial charge in [0.2, 0.25) is 5.95 Å². The van der Waals surface area contributed by atoms with Gasteiger partial charge in [0, 0.05) is 30.4 Å². The van der Waals surface area contributed by atoms with Crippen molar-refractivity contribution in [3.63, 3.8) is 0 Å². The number of urea groups is 1. The molecule has 10 heteroatoms. The molecule has 2 aromatic carbocycles. The lowest BCUT2D eigenvalue weighted by Crippen LogP contribution is -2.32. The van der Waals surface area contributed by atoms with E-state index in [1.165, 1.54) is 4.90 Å². The second-order valence-electron chi connectivity index (χ2n) is 6.83. The lowest BCUT2D eigenvalue weighted by molar-refractivity contribution is 0.190. The summed E-state index contributed by atoms with van der Waals surface area (Å²) >= 11 is 12.3. The van der Waals surface area contributed by atoms with Crippen LogP contribution in [0.3, 0.4) is 0 Å². The van der Waals surface area contributed by atoms with Gasteiger partial charge in [-0.05, 0) is 49.4 Å². The van der Waals surface area contributed by atoms with Gasteiger partial charge < -0.3 is 20.1 Å². The highest BCUT2D eigenvalue weighted by molar-refractivity contribution is 6.35. The molecule has 2 amide bonds. The molecule has 32 heavy (non-hydrogen) atoms. The van der Waals surface area contributed by atoms with Crippen molar-refractivity contribution in [3.8, 4) is 5.75 Å². The van der Waals surface area contributed by atoms with Crippen LogP contribution >= 0.6 is 23.2 Å². The van der Waals surface area contributed by atoms with Gasteiger partial charge >= 0.3 is 6.03 Å². The number of anilines is 4. The number of nitrogens with one attached hydrogen (secondary N) is 2. The number of carbonyl (C=O) groups is 1. The molecule has 0 spiro atoms. The SMILES string of the molecule is COC[C@H](C)Nc1nccc(N(C(=O)Nc2cc(Cl)ccc2Cl)c2ccc(OC)cc2)n1. The van der Waals surface area contributed by atoms with E-state index in [9.17, 15) is 4.79 Å². The first-order valence-corrected chi connectivity index (χ1v) is 10.5. The van der Waals surface area contributed by atoms with Crippen molar-refractivity contribution >= 4 is 52.4 Å². The van der Waals surface area contributed by atoms with Crippen LogP contribution in [0.15, 0.2) is 54.7 Å². The van der Waals surface area contributed by atoms with Crippen molar-refractivity contribution in [1.29, 1.82) is 0 Å². The number of hydrogen-bond acceptors (Lipinski definition) is 6. The zero-order chi connectivity index (χ0) is 23.1. The minimum atomic E-state index is -0.478. The maximum absolute atomic E-state index is 13.3. The molecule has 0 saturated heterocycles. The zero-order valence-electron chi connectivity index (χ0n) is 17.8. The summed E-state index contributed by atoms with van der Waals surface area (Å²) in [6.07, 6.45) is 1.57. The summed E-state index contributed by atoms with van der Waals surface area (Å²) in [5.41, 5.74) is 0.944. The van der Waals surface area contributed by atoms with E-state index in [2.05, 4.69) is 20.6 Å². The Morgan fingerprint density at radius 2 is 1.88 bits per heavy atom. The van der Waals surface area contributed by atoms with Crippen LogP contribution in [-0.2, 0) is 4.74 Å². The summed E-state index contributed by atoms with van der Waals surface area (Å²) in [5.74, 6) is 1.37. The predicted molar refractivity (Wildman–Crippen MR) is 128 cm³/mol. The van der Waals surface area contributed by atoms with Crippen LogP contribution in [0.1, 0.15) is 6.92 Å². The van der Waals surface area contributed by atoms with Crippen LogP contribution < -0.4 is 20.3 Å². The van der Waals surface area contributed by atoms with Crippen LogP contribution in [0.2, 0.25) is 10.0 Å². The molecular formula is C22H23Cl2N5O3. The van der Waals surface area contributed by atoms with Gasteiger partial charge in [-0.15, -0.1) is 0 Å². The molecule has 1 aromatic heterocycles. The average Bonchev–Trinajstić information content (AvgIpc) is 2.77. The molecule has 0 unspecified atom stereocenters. The summed E-state index contributed by atoms with van der Waals surface area (Å²) in [7, 11) is 3.19. The lowest BCUT2D eigenvalue weighted by atomic mass is 10.2. The molecule has 0 fully saturated rings. The Bertz CT molecular complexity index is 1070. The largest absolute Gasteiger partial charge is 0.497 e. The zero-order valence-corrected chi connectivity index (χ0v) is 19.3. The molecule has 0 aliphatic rings. The number of hydrogen-bond donors (Lipinski definition) is 2. The van der Waals surface area contributed by atoms with E-state index >= 15 is 0 Å². The van der Waals surface area contributed by atoms with Crippen LogP contribution in [-0.4, -0.2) is 42.9 Å². The van der Waals surface area contributed by atoms with Gasteiger partial charge in [-0.25, -0.2) is 14.7 Å². The molecule has 8 nitrogen and oxygen atoms in total. The highest BCUT2D eigenvalue weighted by Gasteiger charge is 2.21. The van der Waals surface area contributed by atoms with Gasteiger partial charge in [0.15, 0.2) is 0 Å². The summed E-state index contributed by atoms with van der Waals surface area (Å²) < 4.78 is 10.4. The minimum absolute atomic E-state index is 0.0243. The molecule has 0 aliphatic heterocycles. The monoisotopic (exact) mass is 475 g/mol. The first kappa shape index (κ1) is 23.6. The number of amides is 2. The van der Waals surface area contributed by atoms with Crippen LogP contribution in [0, 0.1) is 0 Å². The number of halogens is 2. The molecule has 168 valence electrons. The quantitative estimate of drug-likeness (QED) is 0.440. The third kappa shape index (κ3) is 6.00. The van der Waals surface area contributed by atoms with Gasteiger partial charge in [0.25, 0.3) is 0 Å². The van der Waals surface area contributed by atoms with E-state index in [1.807, 2.05) is 6.92 Å². The van der Waals surface area contributed by atoms with Gasteiger partial charge in [-0.2, -0.15) is 4.98 Å². The maximum Gasteiger partial charge on any atom is 0.332 e. The van der Waals surface area contributed by atoms with E-state index < -0.39 is 6.03 Å². The molecule has 3 rings (SSSR count). The number of methoxy groups -OCH3 is 2. The van der Waals surface area contributed by atoms with Crippen molar-refractivity contribution in [3.05, 3.63) is 64.8 Å². The third-order valence-electron chi connectivity index (χ3n) is 4.37. The Balaban J connectivity index is 1.97. The number of nitrogens with zero attached hydrogens (tertiary/aromatic N) is 3. The molecular weight excluding hydrogens is 453 g/mol. The highest BCUT2D eigenvalue weighted by Crippen LogP contribution is 2.30. The number of ether oxygens (including phenoxy) is 2. The first-order chi connectivity index (χ1) is 15.4. The molecule has 0 bridgehead atoms. The van der Waals surface area contributed by atoms with Crippen molar-refractivity contribution in [2.45, 2.75) is 13.0 Å². The third-order valence-corrected chi connectivity index (χ3v) is 4.93. The standard InChI is InChI=1S/C22H23Cl2N5O3/c1-14(13-31-2)26-21-25-11-10-20(28-21)29(16-5-7-17(32-3)8-6-16)22(30)27-19-12-15(23)4-9-18(19)24/h4-12,14H,13H2,1-3H3,(H,27,30)(H,25,26,28)/t14-/m0/s1. The Labute approximate surface area is 196 Å². The van der Waals surface area contributed by atoms with Crippen molar-refractivity contribution in [1.82, 2.24) is 9.97 Å². The second kappa shape index (κ2) is 11.0. The predicted octanol–water partition coefficient (Wildman–Crippen LogP) is 5.61. The number of rotatable bonds is 8. The topological polar surface area (TPSA) is 88.6 Å². The van der Waals surface area contributed by atoms with Gasteiger partial charge in [0.05, 0.1) is 30.1 Å². The number of aromatic nitrogens is 2. The van der Waals surface area contributed by atoms with Crippen molar-refractivity contribution in [2.75, 3.05) is 36.4 Å². The van der Waals surface area contributed by atoms with Crippen LogP contribution in [0.25, 0.3) is 0 Å². The Morgan fingerprint density at radius 1 is 1.12 bits per heavy atom. The van der Waals surface area contributed by atoms with E-state index in [1.54, 1.807) is 68.9 Å². The van der Waals surface area contributed by atoms with E-state index in [4.69, 9.17) is 32.7 Å². The summed E-state index contributed by atoms with van der Waals surface area (Å²) in [4.78, 5) is 23.5. The lowest BCUT2D eigenvalue weighted by Gasteiger charge is -2.23. The molecule has 1 atom stereocenters. The summed E-state index contributed by atoms with van der Waals surface area (Å²) in [5, 5.41) is 6.75. The smallest absolute Gasteiger partial charge is 0.332 e. The first-order valence-electron chi connectivity index (χ1n) is 9.70. The minimum Gasteiger partial charge on any atom is -0.497 e. The average molecular weight is 476 g/mol. The fourth-order valence-corrected chi connectivity index (χ4v) is 3.24. The molecule has 0 saturated carbocycles. The Morgan fingerprint density at radius 3 is 2.56 bits per heavy atom. The van der Waals surface area contributed by atoms with Crippen molar-refractivity contribution < 1.29 is 14.3 Å². The second-order valence-corrected chi connectivity index (χ2v) is 7.67. The fourth-order valence-electron chi connectivity index (χ4n) is 2.90. The Hall–Kier alpha value is -3.07. The molecule has 3 aromatic rings. The van der Waals surface area contributed by atoms with E-state index in [0.717, 1.165) is 0 Å². The fraction of sp³-hybridized carbons (Fsp3) is 0.227. The number of carbonyl (C=O) groups excluding carboxylic acids is 1. The van der Waals surface area contributed by atoms with Crippen molar-refractivity contribution in [2.24, 2.45) is 0 Å². The van der Waals surface area contributed by atoms with Gasteiger partial charge in [0.1, 0.15) is 11.6 Å². The molecule has 0 radical (unpaired) electrons. The van der Waals surface area contributed by atoms with E-state index in [-0.39, 0.29) is 6.04 Å². The van der Waals surface area contributed by atoms with Gasteiger partial charge in [-0.3, -0.25) is 0 Å². The maximum atomic E-state index is 13.3. The summed E-state index contributed by atoms with van der Waals surface area (Å²) in [6.45, 7) is 2.41. The normalized spacial score (nSPS) is 11.5. The number of benzene rings is 2.